The van der Waals surface area contributed by atoms with Crippen LogP contribution in [0.1, 0.15) is 19.8 Å². The summed E-state index contributed by atoms with van der Waals surface area (Å²) in [4.78, 5) is 15.6. The molecule has 1 N–H and O–H groups in total. The number of hydrogen-bond acceptors (Lipinski definition) is 4. The minimum absolute atomic E-state index is 0.233. The molecule has 0 fully saturated rings. The second-order valence-electron chi connectivity index (χ2n) is 3.75. The van der Waals surface area contributed by atoms with Gasteiger partial charge in [0.25, 0.3) is 0 Å². The van der Waals surface area contributed by atoms with Crippen LogP contribution in [0.4, 0.5) is 0 Å². The molecule has 0 spiro atoms. The molecule has 2 heterocycles. The largest absolute Gasteiger partial charge is 0.421 e. The highest BCUT2D eigenvalue weighted by molar-refractivity contribution is 5.67. The number of aliphatic hydroxyl groups is 1. The normalized spacial score (nSPS) is 13.1. The Morgan fingerprint density at radius 1 is 1.62 bits per heavy atom. The second kappa shape index (κ2) is 4.49. The van der Waals surface area contributed by atoms with Gasteiger partial charge in [0.05, 0.1) is 12.6 Å². The van der Waals surface area contributed by atoms with E-state index in [1.807, 2.05) is 6.92 Å². The highest BCUT2D eigenvalue weighted by Gasteiger charge is 2.13. The molecular weight excluding hydrogens is 208 g/mol. The molecule has 0 bridgehead atoms. The van der Waals surface area contributed by atoms with Crippen molar-refractivity contribution in [2.45, 2.75) is 32.4 Å². The van der Waals surface area contributed by atoms with Gasteiger partial charge in [-0.25, -0.2) is 9.78 Å². The zero-order valence-corrected chi connectivity index (χ0v) is 9.09. The number of rotatable bonds is 4. The van der Waals surface area contributed by atoms with Crippen molar-refractivity contribution in [2.24, 2.45) is 0 Å². The zero-order valence-electron chi connectivity index (χ0n) is 9.09. The van der Waals surface area contributed by atoms with E-state index in [4.69, 9.17) is 4.42 Å². The van der Waals surface area contributed by atoms with Crippen molar-refractivity contribution < 1.29 is 9.52 Å². The van der Waals surface area contributed by atoms with E-state index in [1.54, 1.807) is 18.3 Å². The molecule has 1 atom stereocenters. The van der Waals surface area contributed by atoms with Gasteiger partial charge in [-0.3, -0.25) is 4.57 Å². The van der Waals surface area contributed by atoms with Crippen molar-refractivity contribution in [2.75, 3.05) is 0 Å². The molecule has 86 valence electrons. The lowest BCUT2D eigenvalue weighted by atomic mass is 10.2. The third-order valence-electron chi connectivity index (χ3n) is 2.44. The van der Waals surface area contributed by atoms with Gasteiger partial charge >= 0.3 is 5.76 Å². The van der Waals surface area contributed by atoms with Crippen LogP contribution in [0, 0.1) is 0 Å². The topological polar surface area (TPSA) is 68.3 Å². The molecule has 5 heteroatoms. The van der Waals surface area contributed by atoms with E-state index in [1.165, 1.54) is 4.57 Å². The van der Waals surface area contributed by atoms with Crippen molar-refractivity contribution >= 4 is 11.2 Å². The number of pyridine rings is 1. The van der Waals surface area contributed by atoms with Gasteiger partial charge in [0.15, 0.2) is 11.2 Å². The molecule has 0 aliphatic heterocycles. The van der Waals surface area contributed by atoms with Crippen LogP contribution >= 0.6 is 0 Å². The predicted molar refractivity (Wildman–Crippen MR) is 59.2 cm³/mol. The van der Waals surface area contributed by atoms with Crippen LogP contribution in [-0.4, -0.2) is 20.8 Å². The summed E-state index contributed by atoms with van der Waals surface area (Å²) in [6.07, 6.45) is 2.59. The van der Waals surface area contributed by atoms with Gasteiger partial charge < -0.3 is 9.52 Å². The Morgan fingerprint density at radius 2 is 2.44 bits per heavy atom. The number of fused-ring (bicyclic) bond motifs is 1. The van der Waals surface area contributed by atoms with Gasteiger partial charge in [-0.1, -0.05) is 13.3 Å². The van der Waals surface area contributed by atoms with E-state index in [9.17, 15) is 9.90 Å². The number of oxazole rings is 1. The third-order valence-corrected chi connectivity index (χ3v) is 2.44. The highest BCUT2D eigenvalue weighted by atomic mass is 16.4. The molecule has 0 saturated heterocycles. The second-order valence-corrected chi connectivity index (χ2v) is 3.75. The van der Waals surface area contributed by atoms with E-state index in [0.29, 0.717) is 17.7 Å². The van der Waals surface area contributed by atoms with Gasteiger partial charge in [0, 0.05) is 6.20 Å². The van der Waals surface area contributed by atoms with Crippen LogP contribution in [0.2, 0.25) is 0 Å². The lowest BCUT2D eigenvalue weighted by Crippen LogP contribution is -2.23. The number of nitrogens with zero attached hydrogens (tertiary/aromatic N) is 2. The molecule has 0 aromatic carbocycles. The summed E-state index contributed by atoms with van der Waals surface area (Å²) in [7, 11) is 0. The van der Waals surface area contributed by atoms with E-state index in [0.717, 1.165) is 6.42 Å². The molecule has 0 aliphatic carbocycles. The Morgan fingerprint density at radius 3 is 3.19 bits per heavy atom. The fraction of sp³-hybridized carbons (Fsp3) is 0.455. The maximum Gasteiger partial charge on any atom is 0.421 e. The van der Waals surface area contributed by atoms with Crippen LogP contribution in [0.5, 0.6) is 0 Å². The maximum absolute atomic E-state index is 11.5. The first-order valence-corrected chi connectivity index (χ1v) is 5.34. The fourth-order valence-corrected chi connectivity index (χ4v) is 1.70. The Kier molecular flexibility index (Phi) is 3.05. The summed E-state index contributed by atoms with van der Waals surface area (Å²) in [5, 5.41) is 9.68. The number of aliphatic hydroxyl groups excluding tert-OH is 1. The average Bonchev–Trinajstić information content (AvgIpc) is 2.56. The molecule has 0 amide bonds. The first-order valence-electron chi connectivity index (χ1n) is 5.34. The van der Waals surface area contributed by atoms with Crippen LogP contribution < -0.4 is 5.76 Å². The summed E-state index contributed by atoms with van der Waals surface area (Å²) >= 11 is 0. The summed E-state index contributed by atoms with van der Waals surface area (Å²) in [5.41, 5.74) is 0.943. The molecule has 5 nitrogen and oxygen atoms in total. The summed E-state index contributed by atoms with van der Waals surface area (Å²) in [5.74, 6) is -0.469. The van der Waals surface area contributed by atoms with Crippen molar-refractivity contribution in [1.29, 1.82) is 0 Å². The monoisotopic (exact) mass is 222 g/mol. The maximum atomic E-state index is 11.5. The van der Waals surface area contributed by atoms with E-state index < -0.39 is 11.9 Å². The van der Waals surface area contributed by atoms with Crippen molar-refractivity contribution in [1.82, 2.24) is 9.55 Å². The molecule has 16 heavy (non-hydrogen) atoms. The first kappa shape index (κ1) is 10.9. The van der Waals surface area contributed by atoms with Gasteiger partial charge in [-0.15, -0.1) is 0 Å². The van der Waals surface area contributed by atoms with Crippen molar-refractivity contribution in [3.63, 3.8) is 0 Å². The Labute approximate surface area is 92.3 Å². The van der Waals surface area contributed by atoms with Crippen LogP contribution in [0.25, 0.3) is 11.2 Å². The molecule has 2 aromatic rings. The van der Waals surface area contributed by atoms with Gasteiger partial charge in [0.2, 0.25) is 0 Å². The Hall–Kier alpha value is -1.62. The summed E-state index contributed by atoms with van der Waals surface area (Å²) in [6, 6.07) is 3.39. The standard InChI is InChI=1S/C11H14N2O3/c1-2-4-8(14)7-13-10-9(16-11(13)15)5-3-6-12-10/h3,5-6,8,14H,2,4,7H2,1H3. The van der Waals surface area contributed by atoms with Crippen molar-refractivity contribution in [3.05, 3.63) is 28.9 Å². The fourth-order valence-electron chi connectivity index (χ4n) is 1.70. The molecular formula is C11H14N2O3. The Balaban J connectivity index is 2.36. The lowest BCUT2D eigenvalue weighted by molar-refractivity contribution is 0.142. The third kappa shape index (κ3) is 1.99. The molecule has 0 radical (unpaired) electrons. The van der Waals surface area contributed by atoms with Crippen LogP contribution in [-0.2, 0) is 6.54 Å². The molecule has 0 aliphatic rings. The van der Waals surface area contributed by atoms with Gasteiger partial charge in [-0.05, 0) is 18.6 Å². The van der Waals surface area contributed by atoms with Crippen LogP contribution in [0.15, 0.2) is 27.5 Å². The summed E-state index contributed by atoms with van der Waals surface area (Å²) < 4.78 is 6.38. The zero-order chi connectivity index (χ0) is 11.5. The molecule has 1 unspecified atom stereocenters. The minimum Gasteiger partial charge on any atom is -0.406 e. The minimum atomic E-state index is -0.537. The quantitative estimate of drug-likeness (QED) is 0.842. The first-order chi connectivity index (χ1) is 7.72. The highest BCUT2D eigenvalue weighted by Crippen LogP contribution is 2.10. The smallest absolute Gasteiger partial charge is 0.406 e. The number of hydrogen-bond donors (Lipinski definition) is 1. The molecule has 0 saturated carbocycles. The van der Waals surface area contributed by atoms with Crippen molar-refractivity contribution in [3.8, 4) is 0 Å². The Bertz CT molecular complexity index is 529. The van der Waals surface area contributed by atoms with Crippen LogP contribution in [0.3, 0.4) is 0 Å². The summed E-state index contributed by atoms with van der Waals surface area (Å²) in [6.45, 7) is 2.22. The van der Waals surface area contributed by atoms with Gasteiger partial charge in [0.1, 0.15) is 0 Å². The molecule has 2 rings (SSSR count). The number of aromatic nitrogens is 2. The van der Waals surface area contributed by atoms with E-state index in [-0.39, 0.29) is 6.54 Å². The lowest BCUT2D eigenvalue weighted by Gasteiger charge is -2.08. The molecule has 2 aromatic heterocycles. The SMILES string of the molecule is CCCC(O)Cn1c(=O)oc2cccnc21. The van der Waals surface area contributed by atoms with E-state index in [2.05, 4.69) is 4.98 Å². The average molecular weight is 222 g/mol. The van der Waals surface area contributed by atoms with Gasteiger partial charge in [-0.2, -0.15) is 0 Å². The predicted octanol–water partition coefficient (Wildman–Crippen LogP) is 1.15. The van der Waals surface area contributed by atoms with E-state index >= 15 is 0 Å².